The second-order valence-corrected chi connectivity index (χ2v) is 7.06. The van der Waals surface area contributed by atoms with Crippen molar-refractivity contribution in [3.63, 3.8) is 0 Å². The Hall–Kier alpha value is -3.11. The third-order valence-corrected chi connectivity index (χ3v) is 5.48. The summed E-state index contributed by atoms with van der Waals surface area (Å²) in [5.74, 6) is -0.153. The lowest BCUT2D eigenvalue weighted by molar-refractivity contribution is 0.0788. The van der Waals surface area contributed by atoms with E-state index >= 15 is 0 Å². The van der Waals surface area contributed by atoms with Crippen molar-refractivity contribution in [3.05, 3.63) is 101 Å². The molecule has 2 aliphatic rings. The number of fused-ring (bicyclic) bond motifs is 3. The van der Waals surface area contributed by atoms with E-state index in [9.17, 15) is 9.59 Å². The smallest absolute Gasteiger partial charge is 0.416 e. The van der Waals surface area contributed by atoms with E-state index in [1.807, 2.05) is 48.5 Å². The number of nitrogens with zero attached hydrogens (tertiary/aromatic N) is 1. The Morgan fingerprint density at radius 2 is 1.63 bits per heavy atom. The maximum Gasteiger partial charge on any atom is 0.416 e. The number of anilines is 1. The van der Waals surface area contributed by atoms with Gasteiger partial charge < -0.3 is 4.74 Å². The van der Waals surface area contributed by atoms with E-state index < -0.39 is 17.7 Å². The molecule has 0 aromatic heterocycles. The number of rotatable bonds is 2. The highest BCUT2D eigenvalue weighted by molar-refractivity contribution is 6.31. The van der Waals surface area contributed by atoms with Crippen molar-refractivity contribution in [3.8, 4) is 0 Å². The molecule has 0 radical (unpaired) electrons. The number of amides is 1. The van der Waals surface area contributed by atoms with Gasteiger partial charge in [-0.15, -0.1) is 0 Å². The molecule has 0 saturated carbocycles. The number of hydrogen-bond acceptors (Lipinski definition) is 3. The summed E-state index contributed by atoms with van der Waals surface area (Å²) in [6.45, 7) is 0. The van der Waals surface area contributed by atoms with Gasteiger partial charge in [0.25, 0.3) is 0 Å². The number of hydrogen-bond donors (Lipinski definition) is 0. The first-order valence-corrected chi connectivity index (χ1v) is 8.97. The van der Waals surface area contributed by atoms with Crippen LogP contribution in [0.4, 0.5) is 10.5 Å². The van der Waals surface area contributed by atoms with Gasteiger partial charge in [-0.1, -0.05) is 72.3 Å². The molecule has 1 fully saturated rings. The van der Waals surface area contributed by atoms with E-state index in [1.54, 1.807) is 30.3 Å². The monoisotopic (exact) mass is 375 g/mol. The van der Waals surface area contributed by atoms with Gasteiger partial charge >= 0.3 is 6.09 Å². The van der Waals surface area contributed by atoms with Gasteiger partial charge in [-0.3, -0.25) is 9.69 Å². The zero-order valence-electron chi connectivity index (χ0n) is 14.1. The first-order chi connectivity index (χ1) is 13.1. The zero-order valence-corrected chi connectivity index (χ0v) is 14.9. The first kappa shape index (κ1) is 16.1. The molecule has 0 spiro atoms. The highest BCUT2D eigenvalue weighted by Crippen LogP contribution is 2.57. The van der Waals surface area contributed by atoms with Gasteiger partial charge in [0.15, 0.2) is 17.4 Å². The van der Waals surface area contributed by atoms with Crippen LogP contribution in [-0.2, 0) is 10.3 Å². The molecule has 1 aliphatic heterocycles. The summed E-state index contributed by atoms with van der Waals surface area (Å²) in [5, 5.41) is 0.481. The average molecular weight is 376 g/mol. The number of ketones is 1. The van der Waals surface area contributed by atoms with E-state index in [0.29, 0.717) is 21.8 Å². The van der Waals surface area contributed by atoms with Crippen LogP contribution < -0.4 is 4.90 Å². The number of Topliss-reactive ketones (excluding diaryl/α,β-unsaturated/α-hetero) is 1. The highest BCUT2D eigenvalue weighted by atomic mass is 35.5. The fourth-order valence-electron chi connectivity index (χ4n) is 4.17. The summed E-state index contributed by atoms with van der Waals surface area (Å²) < 4.78 is 5.77. The highest BCUT2D eigenvalue weighted by Gasteiger charge is 2.66. The molecule has 5 heteroatoms. The number of ether oxygens (including phenoxy) is 1. The van der Waals surface area contributed by atoms with E-state index in [2.05, 4.69) is 0 Å². The van der Waals surface area contributed by atoms with Gasteiger partial charge in [0.2, 0.25) is 0 Å². The van der Waals surface area contributed by atoms with Crippen molar-refractivity contribution < 1.29 is 14.3 Å². The number of carbonyl (C=O) groups is 2. The Balaban J connectivity index is 1.83. The van der Waals surface area contributed by atoms with E-state index in [1.165, 1.54) is 4.90 Å². The van der Waals surface area contributed by atoms with Crippen LogP contribution in [0, 0.1) is 0 Å². The fraction of sp³-hybridized carbons (Fsp3) is 0.0909. The Bertz CT molecular complexity index is 1080. The van der Waals surface area contributed by atoms with Crippen LogP contribution in [0.25, 0.3) is 0 Å². The summed E-state index contributed by atoms with van der Waals surface area (Å²) in [4.78, 5) is 28.1. The second kappa shape index (κ2) is 5.69. The van der Waals surface area contributed by atoms with Crippen LogP contribution in [0.1, 0.15) is 27.6 Å². The van der Waals surface area contributed by atoms with Crippen molar-refractivity contribution in [2.75, 3.05) is 4.90 Å². The molecule has 3 aromatic carbocycles. The largest absolute Gasteiger partial charge is 0.437 e. The summed E-state index contributed by atoms with van der Waals surface area (Å²) in [5.41, 5.74) is 1.25. The molecular weight excluding hydrogens is 362 g/mol. The molecule has 0 bridgehead atoms. The summed E-state index contributed by atoms with van der Waals surface area (Å²) >= 11 is 6.17. The molecule has 1 heterocycles. The average Bonchev–Trinajstić information content (AvgIpc) is 3.13. The molecule has 1 aliphatic carbocycles. The predicted molar refractivity (Wildman–Crippen MR) is 102 cm³/mol. The van der Waals surface area contributed by atoms with Crippen LogP contribution >= 0.6 is 11.6 Å². The van der Waals surface area contributed by atoms with Crippen LogP contribution in [0.15, 0.2) is 78.9 Å². The maximum absolute atomic E-state index is 13.7. The van der Waals surface area contributed by atoms with E-state index in [0.717, 1.165) is 5.56 Å². The Kier molecular flexibility index (Phi) is 3.39. The van der Waals surface area contributed by atoms with Gasteiger partial charge in [-0.2, -0.15) is 0 Å². The first-order valence-electron chi connectivity index (χ1n) is 8.59. The molecule has 1 amide bonds. The quantitative estimate of drug-likeness (QED) is 0.623. The topological polar surface area (TPSA) is 46.6 Å². The standard InChI is InChI=1S/C22H14ClNO3/c23-15-9-6-10-16(13-15)24-21(26)27-20-18-12-5-4-11-17(18)19(25)22(20,24)14-7-2-1-3-8-14/h1-13,20H. The van der Waals surface area contributed by atoms with Gasteiger partial charge in [-0.05, 0) is 23.8 Å². The van der Waals surface area contributed by atoms with Crippen LogP contribution in [0.2, 0.25) is 5.02 Å². The minimum absolute atomic E-state index is 0.153. The van der Waals surface area contributed by atoms with Crippen LogP contribution in [-0.4, -0.2) is 11.9 Å². The predicted octanol–water partition coefficient (Wildman–Crippen LogP) is 5.13. The van der Waals surface area contributed by atoms with Gasteiger partial charge in [0, 0.05) is 16.1 Å². The number of halogens is 1. The third-order valence-electron chi connectivity index (χ3n) is 5.25. The molecule has 1 saturated heterocycles. The Morgan fingerprint density at radius 1 is 0.889 bits per heavy atom. The fourth-order valence-corrected chi connectivity index (χ4v) is 4.36. The van der Waals surface area contributed by atoms with Crippen molar-refractivity contribution in [1.29, 1.82) is 0 Å². The molecule has 27 heavy (non-hydrogen) atoms. The molecule has 4 nitrogen and oxygen atoms in total. The lowest BCUT2D eigenvalue weighted by atomic mass is 9.82. The SMILES string of the molecule is O=C1OC2c3ccccc3C(=O)C2(c2ccccc2)N1c1cccc(Cl)c1. The second-order valence-electron chi connectivity index (χ2n) is 6.63. The Morgan fingerprint density at radius 3 is 2.41 bits per heavy atom. The molecular formula is C22H14ClNO3. The minimum Gasteiger partial charge on any atom is -0.437 e. The van der Waals surface area contributed by atoms with Gasteiger partial charge in [0.05, 0.1) is 5.69 Å². The minimum atomic E-state index is -1.29. The lowest BCUT2D eigenvalue weighted by Gasteiger charge is -2.34. The summed E-state index contributed by atoms with van der Waals surface area (Å²) in [6, 6.07) is 23.5. The molecule has 5 rings (SSSR count). The van der Waals surface area contributed by atoms with Crippen molar-refractivity contribution >= 4 is 29.2 Å². The maximum atomic E-state index is 13.7. The van der Waals surface area contributed by atoms with Crippen molar-refractivity contribution in [1.82, 2.24) is 0 Å². The third kappa shape index (κ3) is 2.04. The van der Waals surface area contributed by atoms with Crippen LogP contribution in [0.3, 0.4) is 0 Å². The molecule has 0 N–H and O–H groups in total. The lowest BCUT2D eigenvalue weighted by Crippen LogP contribution is -2.49. The summed E-state index contributed by atoms with van der Waals surface area (Å²) in [7, 11) is 0. The van der Waals surface area contributed by atoms with E-state index in [-0.39, 0.29) is 5.78 Å². The number of carbonyl (C=O) groups excluding carboxylic acids is 2. The summed E-state index contributed by atoms with van der Waals surface area (Å²) in [6.07, 6.45) is -1.27. The molecule has 132 valence electrons. The zero-order chi connectivity index (χ0) is 18.6. The van der Waals surface area contributed by atoms with Crippen molar-refractivity contribution in [2.45, 2.75) is 11.6 Å². The normalized spacial score (nSPS) is 23.1. The molecule has 2 unspecified atom stereocenters. The number of benzene rings is 3. The van der Waals surface area contributed by atoms with E-state index in [4.69, 9.17) is 16.3 Å². The van der Waals surface area contributed by atoms with Crippen molar-refractivity contribution in [2.24, 2.45) is 0 Å². The van der Waals surface area contributed by atoms with Gasteiger partial charge in [-0.25, -0.2) is 4.79 Å². The molecule has 3 aromatic rings. The van der Waals surface area contributed by atoms with Crippen LogP contribution in [0.5, 0.6) is 0 Å². The van der Waals surface area contributed by atoms with Gasteiger partial charge in [0.1, 0.15) is 0 Å². The Labute approximate surface area is 160 Å². The molecule has 2 atom stereocenters.